The summed E-state index contributed by atoms with van der Waals surface area (Å²) in [6.07, 6.45) is 0. The Kier molecular flexibility index (Phi) is 3.20. The summed E-state index contributed by atoms with van der Waals surface area (Å²) in [7, 11) is -3.76. The maximum atomic E-state index is 12.4. The fourth-order valence-electron chi connectivity index (χ4n) is 2.21. The van der Waals surface area contributed by atoms with E-state index in [0.29, 0.717) is 11.3 Å². The van der Waals surface area contributed by atoms with Gasteiger partial charge in [-0.15, -0.1) is 0 Å². The summed E-state index contributed by atoms with van der Waals surface area (Å²) in [5.41, 5.74) is 1.91. The largest absolute Gasteiger partial charge is 0.280 e. The number of nitrogens with zero attached hydrogens (tertiary/aromatic N) is 3. The van der Waals surface area contributed by atoms with Crippen LogP contribution in [0.3, 0.4) is 0 Å². The number of rotatable bonds is 2. The standard InChI is InChI=1S/C15H11N3O2S/c16-10-11-18-17-15(12-6-2-1-3-7-12)13-8-4-5-9-14(13)21(18,19)20/h1-9H,11H2. The van der Waals surface area contributed by atoms with Crippen LogP contribution in [0.15, 0.2) is 64.6 Å². The SMILES string of the molecule is N#CCN1N=C(c2ccccc2)c2ccccc2S1(=O)=O. The molecule has 2 aromatic carbocycles. The van der Waals surface area contributed by atoms with Crippen molar-refractivity contribution in [1.29, 1.82) is 5.26 Å². The first kappa shape index (κ1) is 13.3. The fraction of sp³-hybridized carbons (Fsp3) is 0.0667. The van der Waals surface area contributed by atoms with Crippen molar-refractivity contribution in [3.05, 3.63) is 65.7 Å². The molecule has 1 heterocycles. The van der Waals surface area contributed by atoms with Gasteiger partial charge in [0, 0.05) is 11.1 Å². The molecular weight excluding hydrogens is 286 g/mol. The molecule has 0 saturated carbocycles. The summed E-state index contributed by atoms with van der Waals surface area (Å²) >= 11 is 0. The Morgan fingerprint density at radius 3 is 2.43 bits per heavy atom. The summed E-state index contributed by atoms with van der Waals surface area (Å²) in [4.78, 5) is 0.175. The normalized spacial score (nSPS) is 15.8. The molecule has 0 fully saturated rings. The van der Waals surface area contributed by atoms with E-state index in [4.69, 9.17) is 5.26 Å². The summed E-state index contributed by atoms with van der Waals surface area (Å²) in [6, 6.07) is 17.8. The average Bonchev–Trinajstić information content (AvgIpc) is 2.51. The molecule has 104 valence electrons. The zero-order chi connectivity index (χ0) is 14.9. The average molecular weight is 297 g/mol. The molecule has 0 spiro atoms. The van der Waals surface area contributed by atoms with Crippen LogP contribution < -0.4 is 0 Å². The first-order valence-corrected chi connectivity index (χ1v) is 7.72. The maximum Gasteiger partial charge on any atom is 0.280 e. The molecule has 6 heteroatoms. The number of nitriles is 1. The molecule has 1 aliphatic heterocycles. The van der Waals surface area contributed by atoms with E-state index < -0.39 is 10.0 Å². The molecule has 21 heavy (non-hydrogen) atoms. The highest BCUT2D eigenvalue weighted by Crippen LogP contribution is 2.28. The van der Waals surface area contributed by atoms with Gasteiger partial charge in [-0.05, 0) is 6.07 Å². The van der Waals surface area contributed by atoms with Crippen LogP contribution in [0.25, 0.3) is 0 Å². The quantitative estimate of drug-likeness (QED) is 0.795. The minimum atomic E-state index is -3.76. The Labute approximate surface area is 122 Å². The molecule has 3 rings (SSSR count). The van der Waals surface area contributed by atoms with E-state index in [1.165, 1.54) is 6.07 Å². The van der Waals surface area contributed by atoms with E-state index in [0.717, 1.165) is 9.98 Å². The first-order valence-electron chi connectivity index (χ1n) is 6.28. The van der Waals surface area contributed by atoms with Crippen molar-refractivity contribution in [3.63, 3.8) is 0 Å². The Morgan fingerprint density at radius 1 is 1.05 bits per heavy atom. The predicted octanol–water partition coefficient (Wildman–Crippen LogP) is 1.97. The molecule has 0 bridgehead atoms. The lowest BCUT2D eigenvalue weighted by Crippen LogP contribution is -2.33. The van der Waals surface area contributed by atoms with Crippen molar-refractivity contribution in [2.24, 2.45) is 5.10 Å². The van der Waals surface area contributed by atoms with Gasteiger partial charge in [-0.25, -0.2) is 0 Å². The number of sulfonamides is 1. The van der Waals surface area contributed by atoms with E-state index in [2.05, 4.69) is 5.10 Å². The number of hydrazone groups is 1. The predicted molar refractivity (Wildman–Crippen MR) is 78.0 cm³/mol. The van der Waals surface area contributed by atoms with Gasteiger partial charge < -0.3 is 0 Å². The molecule has 0 aromatic heterocycles. The molecule has 0 saturated heterocycles. The second-order valence-corrected chi connectivity index (χ2v) is 6.27. The van der Waals surface area contributed by atoms with Crippen LogP contribution in [0.5, 0.6) is 0 Å². The van der Waals surface area contributed by atoms with Gasteiger partial charge in [0.25, 0.3) is 10.0 Å². The van der Waals surface area contributed by atoms with Crippen LogP contribution >= 0.6 is 0 Å². The van der Waals surface area contributed by atoms with Crippen LogP contribution in [0.1, 0.15) is 11.1 Å². The molecule has 0 atom stereocenters. The van der Waals surface area contributed by atoms with Crippen molar-refractivity contribution in [3.8, 4) is 6.07 Å². The second kappa shape index (κ2) is 5.04. The molecule has 5 nitrogen and oxygen atoms in total. The summed E-state index contributed by atoms with van der Waals surface area (Å²) in [6.45, 7) is -0.312. The molecule has 0 unspecified atom stereocenters. The Hall–Kier alpha value is -2.65. The summed E-state index contributed by atoms with van der Waals surface area (Å²) < 4.78 is 25.7. The van der Waals surface area contributed by atoms with Crippen LogP contribution in [-0.2, 0) is 10.0 Å². The van der Waals surface area contributed by atoms with E-state index in [1.807, 2.05) is 36.4 Å². The third kappa shape index (κ3) is 2.18. The highest BCUT2D eigenvalue weighted by atomic mass is 32.2. The summed E-state index contributed by atoms with van der Waals surface area (Å²) in [5.74, 6) is 0. The second-order valence-electron chi connectivity index (χ2n) is 4.45. The lowest BCUT2D eigenvalue weighted by atomic mass is 10.0. The highest BCUT2D eigenvalue weighted by molar-refractivity contribution is 7.89. The fourth-order valence-corrected chi connectivity index (χ4v) is 3.55. The van der Waals surface area contributed by atoms with E-state index in [1.54, 1.807) is 18.2 Å². The topological polar surface area (TPSA) is 73.5 Å². The van der Waals surface area contributed by atoms with Gasteiger partial charge in [0.1, 0.15) is 12.3 Å². The number of hydrogen-bond donors (Lipinski definition) is 0. The monoisotopic (exact) mass is 297 g/mol. The number of fused-ring (bicyclic) bond motifs is 1. The molecule has 1 aliphatic rings. The molecule has 0 N–H and O–H groups in total. The highest BCUT2D eigenvalue weighted by Gasteiger charge is 2.32. The van der Waals surface area contributed by atoms with Gasteiger partial charge in [0.05, 0.1) is 11.0 Å². The van der Waals surface area contributed by atoms with Gasteiger partial charge in [0.15, 0.2) is 0 Å². The lowest BCUT2D eigenvalue weighted by molar-refractivity contribution is 0.461. The van der Waals surface area contributed by atoms with E-state index >= 15 is 0 Å². The molecule has 0 radical (unpaired) electrons. The van der Waals surface area contributed by atoms with Crippen LogP contribution in [-0.4, -0.2) is 25.1 Å². The van der Waals surface area contributed by atoms with Gasteiger partial charge in [0.2, 0.25) is 0 Å². The van der Waals surface area contributed by atoms with Crippen molar-refractivity contribution < 1.29 is 8.42 Å². The first-order chi connectivity index (χ1) is 10.1. The third-order valence-corrected chi connectivity index (χ3v) is 4.84. The van der Waals surface area contributed by atoms with Gasteiger partial charge in [-0.3, -0.25) is 0 Å². The number of hydrogen-bond acceptors (Lipinski definition) is 4. The van der Waals surface area contributed by atoms with Gasteiger partial charge in [-0.2, -0.15) is 23.2 Å². The van der Waals surface area contributed by atoms with E-state index in [-0.39, 0.29) is 11.4 Å². The Morgan fingerprint density at radius 2 is 1.71 bits per heavy atom. The van der Waals surface area contributed by atoms with Crippen LogP contribution in [0, 0.1) is 11.3 Å². The smallest absolute Gasteiger partial charge is 0.200 e. The Balaban J connectivity index is 2.27. The minimum Gasteiger partial charge on any atom is -0.200 e. The molecule has 0 amide bonds. The number of benzene rings is 2. The van der Waals surface area contributed by atoms with Crippen molar-refractivity contribution >= 4 is 15.7 Å². The zero-order valence-corrected chi connectivity index (χ0v) is 11.8. The molecule has 0 aliphatic carbocycles. The van der Waals surface area contributed by atoms with Crippen LogP contribution in [0.4, 0.5) is 0 Å². The maximum absolute atomic E-state index is 12.4. The zero-order valence-electron chi connectivity index (χ0n) is 11.0. The lowest BCUT2D eigenvalue weighted by Gasteiger charge is -2.25. The third-order valence-electron chi connectivity index (χ3n) is 3.16. The van der Waals surface area contributed by atoms with Crippen molar-refractivity contribution in [2.75, 3.05) is 6.54 Å². The summed E-state index contributed by atoms with van der Waals surface area (Å²) in [5, 5.41) is 13.0. The van der Waals surface area contributed by atoms with Crippen molar-refractivity contribution in [1.82, 2.24) is 4.41 Å². The van der Waals surface area contributed by atoms with Crippen molar-refractivity contribution in [2.45, 2.75) is 4.90 Å². The molecular formula is C15H11N3O2S. The van der Waals surface area contributed by atoms with Gasteiger partial charge in [-0.1, -0.05) is 48.5 Å². The molecule has 2 aromatic rings. The van der Waals surface area contributed by atoms with Gasteiger partial charge >= 0.3 is 0 Å². The van der Waals surface area contributed by atoms with Crippen LogP contribution in [0.2, 0.25) is 0 Å². The minimum absolute atomic E-state index is 0.175. The van der Waals surface area contributed by atoms with E-state index in [9.17, 15) is 8.42 Å². The Bertz CT molecular complexity index is 852.